The summed E-state index contributed by atoms with van der Waals surface area (Å²) < 4.78 is 12.5. The first-order valence-corrected chi connectivity index (χ1v) is 9.26. The molecule has 0 heterocycles. The lowest BCUT2D eigenvalue weighted by Gasteiger charge is -2.21. The third kappa shape index (κ3) is 11.6. The smallest absolute Gasteiger partial charge is 0.221 e. The van der Waals surface area contributed by atoms with E-state index in [9.17, 15) is 9.18 Å². The van der Waals surface area contributed by atoms with Crippen LogP contribution in [0.15, 0.2) is 79.1 Å². The fourth-order valence-corrected chi connectivity index (χ4v) is 2.24. The number of hydrogen-bond acceptors (Lipinski definition) is 3. The second kappa shape index (κ2) is 15.1. The molecule has 1 amide bonds. The molecule has 0 fully saturated rings. The van der Waals surface area contributed by atoms with Crippen molar-refractivity contribution in [3.05, 3.63) is 79.9 Å². The Bertz CT molecular complexity index is 708. The van der Waals surface area contributed by atoms with Gasteiger partial charge in [-0.1, -0.05) is 50.8 Å². The number of amides is 1. The van der Waals surface area contributed by atoms with Crippen molar-refractivity contribution in [2.24, 2.45) is 4.99 Å². The van der Waals surface area contributed by atoms with Gasteiger partial charge in [0.05, 0.1) is 0 Å². The molecule has 4 nitrogen and oxygen atoms in total. The molecule has 1 aromatic rings. The number of hydrogen-bond donors (Lipinski definition) is 1. The van der Waals surface area contributed by atoms with E-state index in [1.165, 1.54) is 19.1 Å². The maximum Gasteiger partial charge on any atom is 0.221 e. The van der Waals surface area contributed by atoms with Crippen molar-refractivity contribution in [1.82, 2.24) is 4.90 Å². The van der Waals surface area contributed by atoms with Crippen LogP contribution in [0.1, 0.15) is 40.5 Å². The first-order chi connectivity index (χ1) is 13.4. The first-order valence-electron chi connectivity index (χ1n) is 9.26. The summed E-state index contributed by atoms with van der Waals surface area (Å²) in [7, 11) is 0. The zero-order valence-electron chi connectivity index (χ0n) is 17.4. The monoisotopic (exact) mass is 385 g/mol. The minimum Gasteiger partial charge on any atom is -0.330 e. The van der Waals surface area contributed by atoms with Crippen molar-refractivity contribution in [2.45, 2.75) is 46.7 Å². The molecular formula is C23H32FN3O. The van der Waals surface area contributed by atoms with Crippen LogP contribution in [-0.4, -0.2) is 22.7 Å². The average molecular weight is 386 g/mol. The van der Waals surface area contributed by atoms with E-state index in [2.05, 4.69) is 37.3 Å². The van der Waals surface area contributed by atoms with E-state index < -0.39 is 0 Å². The molecule has 1 aromatic carbocycles. The van der Waals surface area contributed by atoms with Crippen LogP contribution in [0.5, 0.6) is 0 Å². The van der Waals surface area contributed by atoms with Gasteiger partial charge in [0.1, 0.15) is 12.0 Å². The summed E-state index contributed by atoms with van der Waals surface area (Å²) in [5.41, 5.74) is 1.64. The number of nitrogens with one attached hydrogen (secondary N) is 1. The second-order valence-electron chi connectivity index (χ2n) is 5.95. The molecule has 0 saturated carbocycles. The van der Waals surface area contributed by atoms with Crippen LogP contribution in [-0.2, 0) is 4.79 Å². The number of carbonyl (C=O) groups excluding carboxylic acids is 1. The van der Waals surface area contributed by atoms with Gasteiger partial charge in [0, 0.05) is 24.5 Å². The molecule has 0 saturated heterocycles. The highest BCUT2D eigenvalue weighted by atomic mass is 19.1. The van der Waals surface area contributed by atoms with E-state index in [0.29, 0.717) is 5.69 Å². The molecule has 0 aromatic heterocycles. The zero-order chi connectivity index (χ0) is 21.4. The van der Waals surface area contributed by atoms with E-state index in [0.717, 1.165) is 18.6 Å². The molecule has 0 aliphatic carbocycles. The van der Waals surface area contributed by atoms with Crippen molar-refractivity contribution >= 4 is 17.3 Å². The van der Waals surface area contributed by atoms with Gasteiger partial charge in [-0.25, -0.2) is 4.39 Å². The molecular weight excluding hydrogens is 353 g/mol. The Balaban J connectivity index is 0.000000567. The molecule has 1 rings (SSSR count). The number of nitrogens with zero attached hydrogens (tertiary/aromatic N) is 2. The van der Waals surface area contributed by atoms with Crippen molar-refractivity contribution in [3.63, 3.8) is 0 Å². The predicted octanol–water partition coefficient (Wildman–Crippen LogP) is 6.08. The number of halogens is 1. The van der Waals surface area contributed by atoms with Gasteiger partial charge >= 0.3 is 0 Å². The van der Waals surface area contributed by atoms with E-state index >= 15 is 0 Å². The number of aliphatic imine (C=N–C) groups is 1. The van der Waals surface area contributed by atoms with Gasteiger partial charge < -0.3 is 10.2 Å². The Morgan fingerprint density at radius 1 is 1.36 bits per heavy atom. The number of carbonyl (C=O) groups is 1. The van der Waals surface area contributed by atoms with Gasteiger partial charge in [-0.05, 0) is 50.7 Å². The molecule has 0 aliphatic rings. The van der Waals surface area contributed by atoms with E-state index in [1.54, 1.807) is 24.4 Å². The number of rotatable bonds is 9. The largest absolute Gasteiger partial charge is 0.330 e. The summed E-state index contributed by atoms with van der Waals surface area (Å²) >= 11 is 0. The zero-order valence-corrected chi connectivity index (χ0v) is 17.4. The molecule has 1 unspecified atom stereocenters. The van der Waals surface area contributed by atoms with Crippen molar-refractivity contribution < 1.29 is 9.18 Å². The maximum absolute atomic E-state index is 12.5. The maximum atomic E-state index is 12.5. The Labute approximate surface area is 168 Å². The molecule has 0 aliphatic heterocycles. The van der Waals surface area contributed by atoms with Gasteiger partial charge in [-0.2, -0.15) is 0 Å². The number of benzene rings is 1. The van der Waals surface area contributed by atoms with Crippen LogP contribution in [0.3, 0.4) is 0 Å². The quantitative estimate of drug-likeness (QED) is 0.414. The van der Waals surface area contributed by atoms with Crippen LogP contribution < -0.4 is 5.32 Å². The van der Waals surface area contributed by atoms with E-state index in [-0.39, 0.29) is 17.9 Å². The molecule has 1 atom stereocenters. The SMILES string of the molecule is C=CC=CC(/N=C(\C)CCC)N(C=C)/C=C\C.CC(=O)Nc1cccc(F)c1. The van der Waals surface area contributed by atoms with Crippen LogP contribution in [0.25, 0.3) is 0 Å². The molecule has 28 heavy (non-hydrogen) atoms. The molecule has 0 spiro atoms. The topological polar surface area (TPSA) is 44.7 Å². The highest BCUT2D eigenvalue weighted by Crippen LogP contribution is 2.09. The van der Waals surface area contributed by atoms with Gasteiger partial charge in [-0.15, -0.1) is 0 Å². The summed E-state index contributed by atoms with van der Waals surface area (Å²) in [6, 6.07) is 5.76. The molecule has 5 heteroatoms. The average Bonchev–Trinajstić information content (AvgIpc) is 2.63. The third-order valence-corrected chi connectivity index (χ3v) is 3.37. The highest BCUT2D eigenvalue weighted by Gasteiger charge is 2.07. The van der Waals surface area contributed by atoms with E-state index in [1.807, 2.05) is 36.3 Å². The van der Waals surface area contributed by atoms with Crippen LogP contribution in [0.4, 0.5) is 10.1 Å². The molecule has 1 N–H and O–H groups in total. The number of allylic oxidation sites excluding steroid dienone is 3. The van der Waals surface area contributed by atoms with Crippen molar-refractivity contribution in [2.75, 3.05) is 5.32 Å². The minimum absolute atomic E-state index is 0.0340. The van der Waals surface area contributed by atoms with Crippen molar-refractivity contribution in [1.29, 1.82) is 0 Å². The van der Waals surface area contributed by atoms with Crippen LogP contribution in [0, 0.1) is 5.82 Å². The fourth-order valence-electron chi connectivity index (χ4n) is 2.24. The van der Waals surface area contributed by atoms with Crippen molar-refractivity contribution in [3.8, 4) is 0 Å². The summed E-state index contributed by atoms with van der Waals surface area (Å²) in [6.45, 7) is 15.1. The van der Waals surface area contributed by atoms with Gasteiger partial charge in [0.25, 0.3) is 0 Å². The Morgan fingerprint density at radius 3 is 2.57 bits per heavy atom. The lowest BCUT2D eigenvalue weighted by atomic mass is 10.2. The minimum atomic E-state index is -0.351. The van der Waals surface area contributed by atoms with Gasteiger partial charge in [0.15, 0.2) is 0 Å². The molecule has 152 valence electrons. The summed E-state index contributed by atoms with van der Waals surface area (Å²) in [5, 5.41) is 2.47. The third-order valence-electron chi connectivity index (χ3n) is 3.37. The lowest BCUT2D eigenvalue weighted by Crippen LogP contribution is -2.22. The lowest BCUT2D eigenvalue weighted by molar-refractivity contribution is -0.114. The summed E-state index contributed by atoms with van der Waals surface area (Å²) in [6.07, 6.45) is 13.5. The standard InChI is InChI=1S/C15H24N2.C8H8FNO/c1-6-10-12-15(16-14(5)11-7-2)17(9-4)13-8-3;1-6(11)10-8-4-2-3-7(9)5-8/h6,8-10,12-13,15H,1,4,7,11H2,2-3,5H3;2-5H,1H3,(H,10,11)/b12-10?,13-8-,16-14+;. The van der Waals surface area contributed by atoms with E-state index in [4.69, 9.17) is 0 Å². The number of anilines is 1. The molecule has 0 bridgehead atoms. The summed E-state index contributed by atoms with van der Waals surface area (Å²) in [4.78, 5) is 17.1. The Hall–Kier alpha value is -2.95. The fraction of sp³-hybridized carbons (Fsp3) is 0.304. The van der Waals surface area contributed by atoms with Crippen LogP contribution >= 0.6 is 0 Å². The summed E-state index contributed by atoms with van der Waals surface area (Å²) in [5.74, 6) is -0.549. The van der Waals surface area contributed by atoms with Gasteiger partial charge in [0.2, 0.25) is 5.91 Å². The van der Waals surface area contributed by atoms with Crippen LogP contribution in [0.2, 0.25) is 0 Å². The Morgan fingerprint density at radius 2 is 2.07 bits per heavy atom. The molecule has 0 radical (unpaired) electrons. The van der Waals surface area contributed by atoms with Gasteiger partial charge in [-0.3, -0.25) is 9.79 Å². The highest BCUT2D eigenvalue weighted by molar-refractivity contribution is 5.88. The normalized spacial score (nSPS) is 12.2. The first kappa shape index (κ1) is 25.1. The predicted molar refractivity (Wildman–Crippen MR) is 119 cm³/mol. The second-order valence-corrected chi connectivity index (χ2v) is 5.95. The Kier molecular flexibility index (Phi) is 13.5.